The van der Waals surface area contributed by atoms with Gasteiger partial charge < -0.3 is 10.3 Å². The lowest BCUT2D eigenvalue weighted by Gasteiger charge is -2.10. The molecule has 7 heteroatoms. The number of hydrogen-bond donors (Lipinski definition) is 3. The van der Waals surface area contributed by atoms with Crippen molar-refractivity contribution in [3.63, 3.8) is 0 Å². The number of pyridine rings is 1. The summed E-state index contributed by atoms with van der Waals surface area (Å²) >= 11 is 0. The highest BCUT2D eigenvalue weighted by molar-refractivity contribution is 7.89. The second kappa shape index (κ2) is 7.25. The van der Waals surface area contributed by atoms with E-state index in [2.05, 4.69) is 32.1 Å². The highest BCUT2D eigenvalue weighted by Gasteiger charge is 2.15. The Labute approximate surface area is 147 Å². The van der Waals surface area contributed by atoms with Crippen LogP contribution in [0.4, 0.5) is 5.82 Å². The van der Waals surface area contributed by atoms with Gasteiger partial charge in [-0.3, -0.25) is 0 Å². The number of aromatic amines is 1. The lowest BCUT2D eigenvalue weighted by molar-refractivity contribution is 0.569. The van der Waals surface area contributed by atoms with Crippen molar-refractivity contribution >= 4 is 26.7 Å². The van der Waals surface area contributed by atoms with Gasteiger partial charge in [-0.05, 0) is 44.0 Å². The molecule has 0 radical (unpaired) electrons. The van der Waals surface area contributed by atoms with E-state index in [0.29, 0.717) is 12.4 Å². The Morgan fingerprint density at radius 1 is 1.16 bits per heavy atom. The quantitative estimate of drug-likeness (QED) is 0.606. The van der Waals surface area contributed by atoms with Crippen LogP contribution in [0.15, 0.2) is 53.7 Å². The predicted molar refractivity (Wildman–Crippen MR) is 100 cm³/mol. The van der Waals surface area contributed by atoms with E-state index in [4.69, 9.17) is 0 Å². The fourth-order valence-corrected chi connectivity index (χ4v) is 3.88. The Morgan fingerprint density at radius 3 is 2.68 bits per heavy atom. The number of hydrogen-bond acceptors (Lipinski definition) is 4. The van der Waals surface area contributed by atoms with Gasteiger partial charge in [0.1, 0.15) is 10.7 Å². The summed E-state index contributed by atoms with van der Waals surface area (Å²) < 4.78 is 26.7. The van der Waals surface area contributed by atoms with Crippen LogP contribution in [0.25, 0.3) is 10.9 Å². The second-order valence-corrected chi connectivity index (χ2v) is 7.91. The van der Waals surface area contributed by atoms with E-state index < -0.39 is 10.0 Å². The number of aromatic nitrogens is 2. The molecule has 3 rings (SSSR count). The minimum Gasteiger partial charge on any atom is -0.370 e. The molecule has 0 aliphatic rings. The molecular formula is C18H22N4O2S. The first-order valence-corrected chi connectivity index (χ1v) is 9.71. The van der Waals surface area contributed by atoms with Gasteiger partial charge in [0.05, 0.1) is 0 Å². The third-order valence-electron chi connectivity index (χ3n) is 3.81. The number of sulfonamides is 1. The number of rotatable bonds is 7. The topological polar surface area (TPSA) is 86.9 Å². The second-order valence-electron chi connectivity index (χ2n) is 6.19. The van der Waals surface area contributed by atoms with Crippen molar-refractivity contribution in [1.29, 1.82) is 0 Å². The minimum absolute atomic E-state index is 0.154. The van der Waals surface area contributed by atoms with E-state index in [9.17, 15) is 8.42 Å². The first-order valence-electron chi connectivity index (χ1n) is 8.23. The number of benzene rings is 1. The predicted octanol–water partition coefficient (Wildman–Crippen LogP) is 2.90. The standard InChI is InChI=1S/C18H22N4O2S/c1-13(2)22-25(23,24)15-7-8-18(21-12-15)19-10-9-14-11-20-17-6-4-3-5-16(14)17/h3-8,11-13,20,22H,9-10H2,1-2H3,(H,19,21). The van der Waals surface area contributed by atoms with Crippen LogP contribution in [0.2, 0.25) is 0 Å². The first-order chi connectivity index (χ1) is 12.0. The van der Waals surface area contributed by atoms with Gasteiger partial charge in [0, 0.05) is 35.9 Å². The van der Waals surface area contributed by atoms with Crippen LogP contribution in [0.5, 0.6) is 0 Å². The number of nitrogens with one attached hydrogen (secondary N) is 3. The fraction of sp³-hybridized carbons (Fsp3) is 0.278. The number of nitrogens with zero attached hydrogens (tertiary/aromatic N) is 1. The highest BCUT2D eigenvalue weighted by Crippen LogP contribution is 2.18. The number of fused-ring (bicyclic) bond motifs is 1. The maximum Gasteiger partial charge on any atom is 0.242 e. The summed E-state index contributed by atoms with van der Waals surface area (Å²) in [4.78, 5) is 7.62. The number of anilines is 1. The molecule has 25 heavy (non-hydrogen) atoms. The van der Waals surface area contributed by atoms with Crippen LogP contribution in [0.3, 0.4) is 0 Å². The summed E-state index contributed by atoms with van der Waals surface area (Å²) in [6.07, 6.45) is 4.24. The zero-order chi connectivity index (χ0) is 17.9. The molecule has 2 aromatic heterocycles. The molecule has 0 amide bonds. The molecule has 0 aliphatic heterocycles. The van der Waals surface area contributed by atoms with Crippen molar-refractivity contribution in [2.75, 3.05) is 11.9 Å². The largest absolute Gasteiger partial charge is 0.370 e. The molecule has 3 aromatic rings. The molecule has 0 bridgehead atoms. The lowest BCUT2D eigenvalue weighted by Crippen LogP contribution is -2.30. The average Bonchev–Trinajstić information content (AvgIpc) is 2.98. The van der Waals surface area contributed by atoms with E-state index in [1.54, 1.807) is 26.0 Å². The van der Waals surface area contributed by atoms with Crippen LogP contribution < -0.4 is 10.0 Å². The molecule has 132 valence electrons. The molecule has 3 N–H and O–H groups in total. The Balaban J connectivity index is 1.61. The van der Waals surface area contributed by atoms with E-state index in [1.165, 1.54) is 17.1 Å². The van der Waals surface area contributed by atoms with Crippen molar-refractivity contribution < 1.29 is 8.42 Å². The van der Waals surface area contributed by atoms with Crippen LogP contribution in [-0.2, 0) is 16.4 Å². The lowest BCUT2D eigenvalue weighted by atomic mass is 10.1. The zero-order valence-corrected chi connectivity index (χ0v) is 15.1. The van der Waals surface area contributed by atoms with Gasteiger partial charge in [-0.2, -0.15) is 0 Å². The molecule has 0 saturated carbocycles. The van der Waals surface area contributed by atoms with Crippen molar-refractivity contribution in [1.82, 2.24) is 14.7 Å². The summed E-state index contributed by atoms with van der Waals surface area (Å²) in [5.41, 5.74) is 2.37. The Kier molecular flexibility index (Phi) is 5.06. The smallest absolute Gasteiger partial charge is 0.242 e. The average molecular weight is 358 g/mol. The fourth-order valence-electron chi connectivity index (χ4n) is 2.69. The summed E-state index contributed by atoms with van der Waals surface area (Å²) in [5, 5.41) is 4.45. The maximum absolute atomic E-state index is 12.1. The monoisotopic (exact) mass is 358 g/mol. The van der Waals surface area contributed by atoms with Gasteiger partial charge >= 0.3 is 0 Å². The highest BCUT2D eigenvalue weighted by atomic mass is 32.2. The van der Waals surface area contributed by atoms with Crippen LogP contribution in [0, 0.1) is 0 Å². The summed E-state index contributed by atoms with van der Waals surface area (Å²) in [6, 6.07) is 11.3. The summed E-state index contributed by atoms with van der Waals surface area (Å²) in [7, 11) is -3.50. The van der Waals surface area contributed by atoms with E-state index in [1.807, 2.05) is 18.3 Å². The third kappa shape index (κ3) is 4.18. The Hall–Kier alpha value is -2.38. The molecule has 0 atom stereocenters. The molecule has 1 aromatic carbocycles. The summed E-state index contributed by atoms with van der Waals surface area (Å²) in [5.74, 6) is 0.656. The molecule has 0 unspecified atom stereocenters. The van der Waals surface area contributed by atoms with Crippen molar-refractivity contribution in [2.24, 2.45) is 0 Å². The normalized spacial score (nSPS) is 12.0. The van der Waals surface area contributed by atoms with E-state index >= 15 is 0 Å². The summed E-state index contributed by atoms with van der Waals surface area (Å²) in [6.45, 7) is 4.28. The molecule has 6 nitrogen and oxygen atoms in total. The van der Waals surface area contributed by atoms with Gasteiger partial charge in [-0.25, -0.2) is 18.1 Å². The SMILES string of the molecule is CC(C)NS(=O)(=O)c1ccc(NCCc2c[nH]c3ccccc23)nc1. The zero-order valence-electron chi connectivity index (χ0n) is 14.3. The number of para-hydroxylation sites is 1. The van der Waals surface area contributed by atoms with E-state index in [-0.39, 0.29) is 10.9 Å². The van der Waals surface area contributed by atoms with E-state index in [0.717, 1.165) is 11.9 Å². The molecular weight excluding hydrogens is 336 g/mol. The Bertz CT molecular complexity index is 947. The van der Waals surface area contributed by atoms with Gasteiger partial charge in [0.2, 0.25) is 10.0 Å². The molecule has 0 spiro atoms. The van der Waals surface area contributed by atoms with Gasteiger partial charge in [-0.15, -0.1) is 0 Å². The molecule has 0 aliphatic carbocycles. The molecule has 0 saturated heterocycles. The first kappa shape index (κ1) is 17.4. The van der Waals surface area contributed by atoms with Gasteiger partial charge in [0.25, 0.3) is 0 Å². The molecule has 0 fully saturated rings. The van der Waals surface area contributed by atoms with Crippen molar-refractivity contribution in [3.8, 4) is 0 Å². The third-order valence-corrected chi connectivity index (χ3v) is 5.46. The molecule has 2 heterocycles. The van der Waals surface area contributed by atoms with Gasteiger partial charge in [0.15, 0.2) is 0 Å². The van der Waals surface area contributed by atoms with Crippen molar-refractivity contribution in [3.05, 3.63) is 54.4 Å². The van der Waals surface area contributed by atoms with Crippen LogP contribution in [0.1, 0.15) is 19.4 Å². The van der Waals surface area contributed by atoms with Crippen molar-refractivity contribution in [2.45, 2.75) is 31.2 Å². The number of H-pyrrole nitrogens is 1. The van der Waals surface area contributed by atoms with Gasteiger partial charge in [-0.1, -0.05) is 18.2 Å². The Morgan fingerprint density at radius 2 is 1.96 bits per heavy atom. The minimum atomic E-state index is -3.50. The van der Waals surface area contributed by atoms with Crippen LogP contribution in [-0.4, -0.2) is 31.0 Å². The van der Waals surface area contributed by atoms with Crippen LogP contribution >= 0.6 is 0 Å². The maximum atomic E-state index is 12.1.